The SMILES string of the molecule is Cc1cccc(CNCCI)c1. The zero-order valence-corrected chi connectivity index (χ0v) is 9.47. The molecule has 0 aromatic heterocycles. The van der Waals surface area contributed by atoms with Crippen molar-refractivity contribution in [1.82, 2.24) is 5.32 Å². The first-order chi connectivity index (χ1) is 5.83. The Morgan fingerprint density at radius 3 is 2.92 bits per heavy atom. The molecule has 0 unspecified atom stereocenters. The Kier molecular flexibility index (Phi) is 4.61. The van der Waals surface area contributed by atoms with Gasteiger partial charge in [0, 0.05) is 17.5 Å². The Morgan fingerprint density at radius 2 is 2.25 bits per heavy atom. The van der Waals surface area contributed by atoms with Crippen molar-refractivity contribution in [3.63, 3.8) is 0 Å². The third-order valence-corrected chi connectivity index (χ3v) is 2.22. The lowest BCUT2D eigenvalue weighted by atomic mass is 10.1. The molecule has 0 atom stereocenters. The standard InChI is InChI=1S/C10H14IN/c1-9-3-2-4-10(7-9)8-12-6-5-11/h2-4,7,12H,5-6,8H2,1H3. The van der Waals surface area contributed by atoms with E-state index in [-0.39, 0.29) is 0 Å². The number of rotatable bonds is 4. The molecule has 0 fully saturated rings. The molecule has 0 spiro atoms. The fourth-order valence-electron chi connectivity index (χ4n) is 1.12. The molecule has 2 heteroatoms. The number of aryl methyl sites for hydroxylation is 1. The number of hydrogen-bond acceptors (Lipinski definition) is 1. The number of hydrogen-bond donors (Lipinski definition) is 1. The molecule has 0 bridgehead atoms. The summed E-state index contributed by atoms with van der Waals surface area (Å²) < 4.78 is 1.17. The highest BCUT2D eigenvalue weighted by molar-refractivity contribution is 14.1. The van der Waals surface area contributed by atoms with Crippen molar-refractivity contribution in [3.05, 3.63) is 35.4 Å². The lowest BCUT2D eigenvalue weighted by Gasteiger charge is -2.03. The van der Waals surface area contributed by atoms with E-state index in [0.717, 1.165) is 13.1 Å². The van der Waals surface area contributed by atoms with Gasteiger partial charge in [-0.1, -0.05) is 52.4 Å². The Labute approximate surface area is 87.7 Å². The van der Waals surface area contributed by atoms with Gasteiger partial charge in [0.05, 0.1) is 0 Å². The summed E-state index contributed by atoms with van der Waals surface area (Å²) >= 11 is 2.37. The highest BCUT2D eigenvalue weighted by Crippen LogP contribution is 2.02. The van der Waals surface area contributed by atoms with Crippen LogP contribution in [0.2, 0.25) is 0 Å². The van der Waals surface area contributed by atoms with E-state index in [4.69, 9.17) is 0 Å². The lowest BCUT2D eigenvalue weighted by molar-refractivity contribution is 0.736. The summed E-state index contributed by atoms with van der Waals surface area (Å²) in [7, 11) is 0. The fourth-order valence-corrected chi connectivity index (χ4v) is 1.50. The number of nitrogens with one attached hydrogen (secondary N) is 1. The molecule has 0 radical (unpaired) electrons. The van der Waals surface area contributed by atoms with Crippen molar-refractivity contribution in [1.29, 1.82) is 0 Å². The molecule has 1 N–H and O–H groups in total. The van der Waals surface area contributed by atoms with Crippen LogP contribution >= 0.6 is 22.6 Å². The normalized spacial score (nSPS) is 10.2. The van der Waals surface area contributed by atoms with E-state index in [9.17, 15) is 0 Å². The molecule has 0 aliphatic heterocycles. The van der Waals surface area contributed by atoms with Crippen LogP contribution in [0.4, 0.5) is 0 Å². The minimum absolute atomic E-state index is 0.991. The van der Waals surface area contributed by atoms with Crippen LogP contribution in [0.1, 0.15) is 11.1 Å². The smallest absolute Gasteiger partial charge is 0.0205 e. The summed E-state index contributed by atoms with van der Waals surface area (Å²) in [6, 6.07) is 8.62. The topological polar surface area (TPSA) is 12.0 Å². The van der Waals surface area contributed by atoms with Crippen LogP contribution in [0.5, 0.6) is 0 Å². The maximum Gasteiger partial charge on any atom is 0.0205 e. The van der Waals surface area contributed by atoms with E-state index < -0.39 is 0 Å². The first-order valence-electron chi connectivity index (χ1n) is 4.15. The molecule has 0 aliphatic rings. The summed E-state index contributed by atoms with van der Waals surface area (Å²) in [6.07, 6.45) is 0. The maximum absolute atomic E-state index is 3.37. The Hall–Kier alpha value is -0.0900. The van der Waals surface area contributed by atoms with E-state index >= 15 is 0 Å². The molecular formula is C10H14IN. The molecule has 0 saturated carbocycles. The van der Waals surface area contributed by atoms with Gasteiger partial charge in [-0.15, -0.1) is 0 Å². The van der Waals surface area contributed by atoms with Gasteiger partial charge in [0.25, 0.3) is 0 Å². The molecule has 0 heterocycles. The van der Waals surface area contributed by atoms with Gasteiger partial charge in [-0.3, -0.25) is 0 Å². The van der Waals surface area contributed by atoms with Crippen molar-refractivity contribution in [2.75, 3.05) is 11.0 Å². The van der Waals surface area contributed by atoms with Gasteiger partial charge in [-0.05, 0) is 12.5 Å². The zero-order chi connectivity index (χ0) is 8.81. The van der Waals surface area contributed by atoms with Crippen LogP contribution in [0.25, 0.3) is 0 Å². The first-order valence-corrected chi connectivity index (χ1v) is 5.67. The van der Waals surface area contributed by atoms with Gasteiger partial charge in [-0.2, -0.15) is 0 Å². The fraction of sp³-hybridized carbons (Fsp3) is 0.400. The minimum atomic E-state index is 0.991. The average Bonchev–Trinajstić information content (AvgIpc) is 2.05. The van der Waals surface area contributed by atoms with Crippen LogP contribution in [-0.2, 0) is 6.54 Å². The summed E-state index contributed by atoms with van der Waals surface area (Å²) in [5.74, 6) is 0. The third-order valence-electron chi connectivity index (χ3n) is 1.68. The minimum Gasteiger partial charge on any atom is -0.312 e. The molecule has 0 saturated heterocycles. The number of alkyl halides is 1. The van der Waals surface area contributed by atoms with Gasteiger partial charge in [-0.25, -0.2) is 0 Å². The molecular weight excluding hydrogens is 261 g/mol. The van der Waals surface area contributed by atoms with Crippen molar-refractivity contribution in [3.8, 4) is 0 Å². The quantitative estimate of drug-likeness (QED) is 0.506. The van der Waals surface area contributed by atoms with Gasteiger partial charge in [0.2, 0.25) is 0 Å². The van der Waals surface area contributed by atoms with Gasteiger partial charge in [0.1, 0.15) is 0 Å². The predicted molar refractivity (Wildman–Crippen MR) is 61.8 cm³/mol. The summed E-state index contributed by atoms with van der Waals surface area (Å²) in [4.78, 5) is 0. The van der Waals surface area contributed by atoms with Crippen LogP contribution in [-0.4, -0.2) is 11.0 Å². The largest absolute Gasteiger partial charge is 0.312 e. The lowest BCUT2D eigenvalue weighted by Crippen LogP contribution is -2.15. The van der Waals surface area contributed by atoms with Gasteiger partial charge in [0.15, 0.2) is 0 Å². The van der Waals surface area contributed by atoms with Crippen LogP contribution in [0.3, 0.4) is 0 Å². The predicted octanol–water partition coefficient (Wildman–Crippen LogP) is 2.52. The van der Waals surface area contributed by atoms with Crippen LogP contribution < -0.4 is 5.32 Å². The average molecular weight is 275 g/mol. The Balaban J connectivity index is 2.41. The van der Waals surface area contributed by atoms with Gasteiger partial charge >= 0.3 is 0 Å². The van der Waals surface area contributed by atoms with E-state index in [1.807, 2.05) is 0 Å². The van der Waals surface area contributed by atoms with Crippen molar-refractivity contribution in [2.45, 2.75) is 13.5 Å². The van der Waals surface area contributed by atoms with Gasteiger partial charge < -0.3 is 5.32 Å². The Bertz CT molecular complexity index is 235. The number of benzene rings is 1. The molecule has 12 heavy (non-hydrogen) atoms. The molecule has 66 valence electrons. The molecule has 0 aliphatic carbocycles. The summed E-state index contributed by atoms with van der Waals surface area (Å²) in [5.41, 5.74) is 2.71. The van der Waals surface area contributed by atoms with E-state index in [0.29, 0.717) is 0 Å². The molecule has 1 rings (SSSR count). The monoisotopic (exact) mass is 275 g/mol. The zero-order valence-electron chi connectivity index (χ0n) is 7.31. The molecule has 0 amide bonds. The first kappa shape index (κ1) is 9.99. The molecule has 1 aromatic carbocycles. The van der Waals surface area contributed by atoms with Crippen molar-refractivity contribution < 1.29 is 0 Å². The Morgan fingerprint density at radius 1 is 1.42 bits per heavy atom. The second kappa shape index (κ2) is 5.54. The van der Waals surface area contributed by atoms with E-state index in [1.54, 1.807) is 0 Å². The highest BCUT2D eigenvalue weighted by Gasteiger charge is 1.91. The highest BCUT2D eigenvalue weighted by atomic mass is 127. The molecule has 1 aromatic rings. The van der Waals surface area contributed by atoms with E-state index in [1.165, 1.54) is 15.6 Å². The van der Waals surface area contributed by atoms with Crippen LogP contribution in [0.15, 0.2) is 24.3 Å². The molecule has 1 nitrogen and oxygen atoms in total. The second-order valence-corrected chi connectivity index (χ2v) is 3.93. The van der Waals surface area contributed by atoms with Crippen LogP contribution in [0, 0.1) is 6.92 Å². The van der Waals surface area contributed by atoms with E-state index in [2.05, 4.69) is 59.1 Å². The van der Waals surface area contributed by atoms with Crippen molar-refractivity contribution in [2.24, 2.45) is 0 Å². The summed E-state index contributed by atoms with van der Waals surface area (Å²) in [6.45, 7) is 4.21. The number of halogens is 1. The summed E-state index contributed by atoms with van der Waals surface area (Å²) in [5, 5.41) is 3.37. The second-order valence-electron chi connectivity index (χ2n) is 2.85. The van der Waals surface area contributed by atoms with Crippen molar-refractivity contribution >= 4 is 22.6 Å². The maximum atomic E-state index is 3.37. The third kappa shape index (κ3) is 3.54.